The molecule has 2 aliphatic heterocycles. The minimum atomic E-state index is -4.66. The number of allylic oxidation sites excluding steroid dienone is 1. The van der Waals surface area contributed by atoms with Crippen LogP contribution in [0.25, 0.3) is 44.1 Å². The first-order chi connectivity index (χ1) is 25.6. The fourth-order valence-electron chi connectivity index (χ4n) is 9.59. The van der Waals surface area contributed by atoms with Crippen molar-refractivity contribution in [2.45, 2.75) is 110 Å². The first kappa shape index (κ1) is 35.3. The molecule has 0 radical (unpaired) electrons. The zero-order valence-corrected chi connectivity index (χ0v) is 31.5. The van der Waals surface area contributed by atoms with E-state index in [-0.39, 0.29) is 18.4 Å². The molecule has 3 aromatic carbocycles. The fourth-order valence-corrected chi connectivity index (χ4v) is 9.59. The number of furan rings is 1. The van der Waals surface area contributed by atoms with Gasteiger partial charge in [0.25, 0.3) is 5.82 Å². The van der Waals surface area contributed by atoms with E-state index < -0.39 is 23.6 Å². The van der Waals surface area contributed by atoms with E-state index in [0.29, 0.717) is 5.82 Å². The molecule has 0 N–H and O–H groups in total. The molecule has 0 spiro atoms. The normalized spacial score (nSPS) is 19.8. The molecule has 0 bridgehead atoms. The lowest BCUT2D eigenvalue weighted by Crippen LogP contribution is -2.50. The van der Waals surface area contributed by atoms with Crippen molar-refractivity contribution in [2.75, 3.05) is 0 Å². The molecule has 0 saturated carbocycles. The summed E-state index contributed by atoms with van der Waals surface area (Å²) >= 11 is 0. The number of aryl methyl sites for hydroxylation is 3. The minimum absolute atomic E-state index is 0.0792. The molecular weight excluding hydrogens is 672 g/mol. The third-order valence-electron chi connectivity index (χ3n) is 12.2. The Balaban J connectivity index is 1.50. The van der Waals surface area contributed by atoms with Crippen molar-refractivity contribution in [3.63, 3.8) is 0 Å². The van der Waals surface area contributed by atoms with Crippen LogP contribution in [-0.4, -0.2) is 31.1 Å². The molecular formula is C44H48F3N5O+2. The topological polar surface area (TPSA) is 50.7 Å². The van der Waals surface area contributed by atoms with Crippen LogP contribution in [0.3, 0.4) is 0 Å². The van der Waals surface area contributed by atoms with Crippen molar-refractivity contribution in [2.24, 2.45) is 5.92 Å². The van der Waals surface area contributed by atoms with Crippen molar-refractivity contribution in [3.8, 4) is 11.3 Å². The number of rotatable bonds is 8. The predicted octanol–water partition coefficient (Wildman–Crippen LogP) is 10.7. The minimum Gasteiger partial charge on any atom is -0.455 e. The van der Waals surface area contributed by atoms with Crippen molar-refractivity contribution in [1.29, 1.82) is 0 Å². The Hall–Kier alpha value is -4.79. The molecule has 6 aromatic rings. The van der Waals surface area contributed by atoms with E-state index in [2.05, 4.69) is 134 Å². The van der Waals surface area contributed by atoms with Gasteiger partial charge in [0.15, 0.2) is 17.6 Å². The molecule has 6 nitrogen and oxygen atoms in total. The van der Waals surface area contributed by atoms with Crippen LogP contribution in [0, 0.1) is 12.8 Å². The third kappa shape index (κ3) is 5.44. The number of halogens is 3. The van der Waals surface area contributed by atoms with Crippen molar-refractivity contribution >= 4 is 39.1 Å². The second-order valence-electron chi connectivity index (χ2n) is 15.0. The van der Waals surface area contributed by atoms with Gasteiger partial charge in [0.1, 0.15) is 17.7 Å². The fraction of sp³-hybridized carbons (Fsp3) is 0.409. The first-order valence-corrected chi connectivity index (χ1v) is 19.3. The van der Waals surface area contributed by atoms with E-state index in [0.717, 1.165) is 88.5 Å². The second-order valence-corrected chi connectivity index (χ2v) is 15.0. The number of aromatic nitrogens is 4. The molecule has 3 atom stereocenters. The summed E-state index contributed by atoms with van der Waals surface area (Å²) in [6.45, 7) is 14.0. The Labute approximate surface area is 308 Å². The molecule has 8 rings (SSSR count). The Morgan fingerprint density at radius 1 is 0.981 bits per heavy atom. The number of hydrogen-bond acceptors (Lipinski definition) is 3. The number of hydrogen-bond donors (Lipinski definition) is 0. The molecule has 3 unspecified atom stereocenters. The lowest BCUT2D eigenvalue weighted by molar-refractivity contribution is -0.657. The lowest BCUT2D eigenvalue weighted by atomic mass is 9.72. The summed E-state index contributed by atoms with van der Waals surface area (Å²) in [4.78, 5) is 4.25. The van der Waals surface area contributed by atoms with Crippen LogP contribution in [0.2, 0.25) is 0 Å². The highest BCUT2D eigenvalue weighted by atomic mass is 19.4. The largest absolute Gasteiger partial charge is 0.455 e. The van der Waals surface area contributed by atoms with Gasteiger partial charge in [0.05, 0.1) is 18.0 Å². The molecule has 3 aromatic heterocycles. The number of unbranched alkanes of at least 4 members (excludes halogenated alkanes) is 1. The zero-order valence-electron chi connectivity index (χ0n) is 31.5. The Bertz CT molecular complexity index is 2430. The molecule has 0 aliphatic carbocycles. The number of para-hydroxylation sites is 1. The van der Waals surface area contributed by atoms with Crippen LogP contribution in [-0.2, 0) is 25.7 Å². The molecule has 2 aliphatic rings. The maximum atomic E-state index is 14.3. The van der Waals surface area contributed by atoms with Crippen LogP contribution < -0.4 is 4.57 Å². The molecule has 53 heavy (non-hydrogen) atoms. The average Bonchev–Trinajstić information content (AvgIpc) is 3.73. The van der Waals surface area contributed by atoms with Gasteiger partial charge < -0.3 is 4.42 Å². The van der Waals surface area contributed by atoms with Gasteiger partial charge >= 0.3 is 6.18 Å². The summed E-state index contributed by atoms with van der Waals surface area (Å²) in [6.07, 6.45) is 6.19. The van der Waals surface area contributed by atoms with Crippen LogP contribution in [0.4, 0.5) is 13.2 Å². The van der Waals surface area contributed by atoms with Crippen molar-refractivity contribution < 1.29 is 26.7 Å². The second kappa shape index (κ2) is 13.3. The highest BCUT2D eigenvalue weighted by molar-refractivity contribution is 6.11. The highest BCUT2D eigenvalue weighted by Crippen LogP contribution is 2.51. The standard InChI is InChI=1S/C44H48F3N5O/c1-7-11-17-29-18-14-21-36-37(29)32-23-22-31(38(40(32)53-36)35-25-28(6)30-19-12-13-20-34(30)50(35)10-4)33-26-52-41(48-42(49-52)44(45,46)47)39-27(5)16-15-24-51(39)43(33,8-2)9-3/h12-16,18-25,27,33,39H,7-11,17,26H2,1-6H3/q+2. The van der Waals surface area contributed by atoms with E-state index >= 15 is 0 Å². The van der Waals surface area contributed by atoms with Gasteiger partial charge in [-0.1, -0.05) is 76.6 Å². The van der Waals surface area contributed by atoms with Gasteiger partial charge in [-0.25, -0.2) is 14.2 Å². The maximum absolute atomic E-state index is 14.3. The number of nitrogens with zero attached hydrogens (tertiary/aromatic N) is 5. The van der Waals surface area contributed by atoms with Crippen LogP contribution >= 0.6 is 0 Å². The van der Waals surface area contributed by atoms with E-state index in [1.54, 1.807) is 4.68 Å². The van der Waals surface area contributed by atoms with E-state index in [4.69, 9.17) is 4.42 Å². The molecule has 9 heteroatoms. The van der Waals surface area contributed by atoms with E-state index in [9.17, 15) is 13.2 Å². The summed E-state index contributed by atoms with van der Waals surface area (Å²) in [5.41, 5.74) is 7.79. The van der Waals surface area contributed by atoms with E-state index in [1.807, 2.05) is 6.08 Å². The maximum Gasteiger partial charge on any atom is 0.453 e. The van der Waals surface area contributed by atoms with Gasteiger partial charge in [-0.2, -0.15) is 17.7 Å². The average molecular weight is 720 g/mol. The summed E-state index contributed by atoms with van der Waals surface area (Å²) in [5, 5.41) is 7.62. The van der Waals surface area contributed by atoms with Crippen molar-refractivity contribution in [3.05, 3.63) is 101 Å². The molecule has 5 heterocycles. The van der Waals surface area contributed by atoms with Crippen LogP contribution in [0.5, 0.6) is 0 Å². The van der Waals surface area contributed by atoms with Gasteiger partial charge in [0.2, 0.25) is 17.3 Å². The van der Waals surface area contributed by atoms with Crippen molar-refractivity contribution in [1.82, 2.24) is 14.8 Å². The first-order valence-electron chi connectivity index (χ1n) is 19.3. The SMILES string of the molecule is CCCCc1cccc2oc3c(-c4cc(C)c5ccccc5[n+]4CC)c(C4Cn5nc(C(F)(F)F)nc5C5C(C)C=CC=[N+]5C4(CC)CC)ccc3c12. The number of benzene rings is 3. The predicted molar refractivity (Wildman–Crippen MR) is 204 cm³/mol. The summed E-state index contributed by atoms with van der Waals surface area (Å²) in [7, 11) is 0. The Morgan fingerprint density at radius 3 is 2.51 bits per heavy atom. The van der Waals surface area contributed by atoms with Crippen LogP contribution in [0.1, 0.15) is 101 Å². The molecule has 274 valence electrons. The lowest BCUT2D eigenvalue weighted by Gasteiger charge is -2.39. The Morgan fingerprint density at radius 2 is 1.77 bits per heavy atom. The third-order valence-corrected chi connectivity index (χ3v) is 12.2. The van der Waals surface area contributed by atoms with Gasteiger partial charge in [-0.15, -0.1) is 5.10 Å². The Kier molecular flexibility index (Phi) is 8.82. The summed E-state index contributed by atoms with van der Waals surface area (Å²) < 4.78 is 56.3. The number of pyridine rings is 1. The van der Waals surface area contributed by atoms with Crippen LogP contribution in [0.15, 0.2) is 77.2 Å². The monoisotopic (exact) mass is 719 g/mol. The molecule has 0 fully saturated rings. The number of fused-ring (bicyclic) bond motifs is 7. The molecule has 0 amide bonds. The highest BCUT2D eigenvalue weighted by Gasteiger charge is 2.56. The smallest absolute Gasteiger partial charge is 0.453 e. The zero-order chi connectivity index (χ0) is 37.2. The van der Waals surface area contributed by atoms with Gasteiger partial charge in [0, 0.05) is 47.1 Å². The molecule has 0 saturated heterocycles. The number of alkyl halides is 3. The quantitative estimate of drug-likeness (QED) is 0.147. The van der Waals surface area contributed by atoms with E-state index in [1.165, 1.54) is 10.9 Å². The summed E-state index contributed by atoms with van der Waals surface area (Å²) in [5.74, 6) is -1.08. The van der Waals surface area contributed by atoms with Gasteiger partial charge in [-0.3, -0.25) is 0 Å². The van der Waals surface area contributed by atoms with Gasteiger partial charge in [-0.05, 0) is 61.6 Å². The summed E-state index contributed by atoms with van der Waals surface area (Å²) in [6, 6.07) is 21.2.